The van der Waals surface area contributed by atoms with E-state index in [9.17, 15) is 0 Å². The molecule has 0 atom stereocenters. The topological polar surface area (TPSA) is 46.0 Å². The maximum absolute atomic E-state index is 8.64. The number of aromatic nitrogens is 2. The fraction of sp³-hybridized carbons (Fsp3) is 0.667. The third-order valence-electron chi connectivity index (χ3n) is 1.14. The van der Waals surface area contributed by atoms with E-state index in [1.165, 1.54) is 11.5 Å². The average molecular weight is 158 g/mol. The van der Waals surface area contributed by atoms with Crippen molar-refractivity contribution in [3.8, 4) is 0 Å². The van der Waals surface area contributed by atoms with Gasteiger partial charge in [0, 0.05) is 5.92 Å². The van der Waals surface area contributed by atoms with Gasteiger partial charge in [-0.15, -0.1) is 0 Å². The molecule has 0 aromatic carbocycles. The van der Waals surface area contributed by atoms with E-state index >= 15 is 0 Å². The van der Waals surface area contributed by atoms with Gasteiger partial charge in [0.05, 0.1) is 6.61 Å². The van der Waals surface area contributed by atoms with Crippen molar-refractivity contribution in [1.82, 2.24) is 9.36 Å². The second-order valence-electron chi connectivity index (χ2n) is 2.36. The highest BCUT2D eigenvalue weighted by molar-refractivity contribution is 7.05. The van der Waals surface area contributed by atoms with Crippen molar-refractivity contribution in [3.05, 3.63) is 10.8 Å². The highest BCUT2D eigenvalue weighted by atomic mass is 32.1. The summed E-state index contributed by atoms with van der Waals surface area (Å²) in [5.41, 5.74) is 0. The van der Waals surface area contributed by atoms with Crippen LogP contribution in [0.2, 0.25) is 0 Å². The number of aliphatic hydroxyl groups is 1. The van der Waals surface area contributed by atoms with E-state index < -0.39 is 0 Å². The van der Waals surface area contributed by atoms with Crippen molar-refractivity contribution in [2.45, 2.75) is 26.4 Å². The van der Waals surface area contributed by atoms with E-state index in [0.717, 1.165) is 5.82 Å². The molecule has 1 heterocycles. The average Bonchev–Trinajstić information content (AvgIpc) is 2.34. The molecular formula is C6H10N2OS. The van der Waals surface area contributed by atoms with E-state index in [-0.39, 0.29) is 6.61 Å². The number of nitrogens with zero attached hydrogens (tertiary/aromatic N) is 2. The van der Waals surface area contributed by atoms with Crippen LogP contribution in [-0.4, -0.2) is 14.5 Å². The lowest BCUT2D eigenvalue weighted by atomic mass is 10.2. The minimum atomic E-state index is 0.00435. The van der Waals surface area contributed by atoms with Crippen molar-refractivity contribution < 1.29 is 5.11 Å². The Balaban J connectivity index is 2.78. The van der Waals surface area contributed by atoms with Gasteiger partial charge >= 0.3 is 0 Å². The van der Waals surface area contributed by atoms with Crippen LogP contribution in [0.1, 0.15) is 30.6 Å². The molecule has 0 bridgehead atoms. The molecule has 0 fully saturated rings. The van der Waals surface area contributed by atoms with Crippen LogP contribution < -0.4 is 0 Å². The molecule has 56 valence electrons. The van der Waals surface area contributed by atoms with E-state index in [2.05, 4.69) is 9.36 Å². The first-order valence-electron chi connectivity index (χ1n) is 3.17. The maximum atomic E-state index is 8.64. The fourth-order valence-corrected chi connectivity index (χ4v) is 1.21. The summed E-state index contributed by atoms with van der Waals surface area (Å²) in [6.07, 6.45) is 0. The quantitative estimate of drug-likeness (QED) is 0.702. The molecule has 0 aliphatic carbocycles. The lowest BCUT2D eigenvalue weighted by Gasteiger charge is -1.93. The summed E-state index contributed by atoms with van der Waals surface area (Å²) in [6, 6.07) is 0. The van der Waals surface area contributed by atoms with Crippen LogP contribution in [0.3, 0.4) is 0 Å². The summed E-state index contributed by atoms with van der Waals surface area (Å²) < 4.78 is 4.06. The van der Waals surface area contributed by atoms with Gasteiger partial charge in [-0.2, -0.15) is 4.37 Å². The van der Waals surface area contributed by atoms with Gasteiger partial charge in [0.15, 0.2) is 0 Å². The molecule has 0 aliphatic heterocycles. The molecule has 3 nitrogen and oxygen atoms in total. The Hall–Kier alpha value is -0.480. The van der Waals surface area contributed by atoms with Crippen LogP contribution in [0, 0.1) is 0 Å². The van der Waals surface area contributed by atoms with Crippen LogP contribution in [0.25, 0.3) is 0 Å². The van der Waals surface area contributed by atoms with Gasteiger partial charge in [-0.05, 0) is 11.5 Å². The van der Waals surface area contributed by atoms with Crippen molar-refractivity contribution in [3.63, 3.8) is 0 Å². The Labute approximate surface area is 63.9 Å². The van der Waals surface area contributed by atoms with Crippen LogP contribution in [0.4, 0.5) is 0 Å². The van der Waals surface area contributed by atoms with Gasteiger partial charge < -0.3 is 5.11 Å². The van der Waals surface area contributed by atoms with E-state index in [4.69, 9.17) is 5.11 Å². The van der Waals surface area contributed by atoms with Gasteiger partial charge in [0.25, 0.3) is 0 Å². The van der Waals surface area contributed by atoms with Crippen molar-refractivity contribution in [1.29, 1.82) is 0 Å². The third kappa shape index (κ3) is 1.52. The Morgan fingerprint density at radius 3 is 2.60 bits per heavy atom. The Morgan fingerprint density at radius 1 is 1.60 bits per heavy atom. The van der Waals surface area contributed by atoms with Crippen molar-refractivity contribution >= 4 is 11.5 Å². The van der Waals surface area contributed by atoms with Crippen molar-refractivity contribution in [2.75, 3.05) is 0 Å². The second kappa shape index (κ2) is 3.07. The third-order valence-corrected chi connectivity index (χ3v) is 1.84. The molecule has 4 heteroatoms. The number of rotatable bonds is 2. The number of hydrogen-bond donors (Lipinski definition) is 1. The molecule has 1 rings (SSSR count). The molecule has 0 spiro atoms. The zero-order valence-electron chi connectivity index (χ0n) is 6.03. The predicted molar refractivity (Wildman–Crippen MR) is 39.9 cm³/mol. The van der Waals surface area contributed by atoms with Gasteiger partial charge in [-0.25, -0.2) is 4.98 Å². The normalized spacial score (nSPS) is 10.8. The van der Waals surface area contributed by atoms with Gasteiger partial charge in [-0.1, -0.05) is 13.8 Å². The summed E-state index contributed by atoms with van der Waals surface area (Å²) >= 11 is 1.27. The highest BCUT2D eigenvalue weighted by Crippen LogP contribution is 2.12. The Morgan fingerprint density at radius 2 is 2.30 bits per heavy atom. The van der Waals surface area contributed by atoms with Gasteiger partial charge in [0.2, 0.25) is 0 Å². The molecule has 1 aromatic rings. The first-order chi connectivity index (χ1) is 4.74. The SMILES string of the molecule is CC(C)c1nsc(CO)n1. The smallest absolute Gasteiger partial charge is 0.145 e. The van der Waals surface area contributed by atoms with E-state index in [1.54, 1.807) is 0 Å². The Bertz CT molecular complexity index is 209. The number of aliphatic hydroxyl groups excluding tert-OH is 1. The van der Waals surface area contributed by atoms with Crippen LogP contribution >= 0.6 is 11.5 Å². The minimum absolute atomic E-state index is 0.00435. The molecule has 0 unspecified atom stereocenters. The molecule has 0 saturated carbocycles. The second-order valence-corrected chi connectivity index (χ2v) is 3.20. The lowest BCUT2D eigenvalue weighted by Crippen LogP contribution is -1.90. The summed E-state index contributed by atoms with van der Waals surface area (Å²) in [4.78, 5) is 4.09. The van der Waals surface area contributed by atoms with E-state index in [1.807, 2.05) is 13.8 Å². The molecule has 0 saturated heterocycles. The van der Waals surface area contributed by atoms with E-state index in [0.29, 0.717) is 10.9 Å². The van der Waals surface area contributed by atoms with Crippen LogP contribution in [0.5, 0.6) is 0 Å². The summed E-state index contributed by atoms with van der Waals surface area (Å²) in [5.74, 6) is 1.19. The summed E-state index contributed by atoms with van der Waals surface area (Å²) in [5, 5.41) is 9.34. The Kier molecular flexibility index (Phi) is 2.34. The fourth-order valence-electron chi connectivity index (χ4n) is 0.567. The van der Waals surface area contributed by atoms with Crippen molar-refractivity contribution in [2.24, 2.45) is 0 Å². The first kappa shape index (κ1) is 7.63. The van der Waals surface area contributed by atoms with Crippen LogP contribution in [-0.2, 0) is 6.61 Å². The minimum Gasteiger partial charge on any atom is -0.389 e. The molecule has 1 aromatic heterocycles. The van der Waals surface area contributed by atoms with Gasteiger partial charge in [-0.3, -0.25) is 0 Å². The maximum Gasteiger partial charge on any atom is 0.145 e. The lowest BCUT2D eigenvalue weighted by molar-refractivity contribution is 0.281. The molecule has 1 N–H and O–H groups in total. The number of hydrogen-bond acceptors (Lipinski definition) is 4. The highest BCUT2D eigenvalue weighted by Gasteiger charge is 2.05. The monoisotopic (exact) mass is 158 g/mol. The molecule has 0 radical (unpaired) electrons. The van der Waals surface area contributed by atoms with Gasteiger partial charge in [0.1, 0.15) is 10.8 Å². The zero-order valence-corrected chi connectivity index (χ0v) is 6.85. The standard InChI is InChI=1S/C6H10N2OS/c1-4(2)6-7-5(3-9)10-8-6/h4,9H,3H2,1-2H3. The molecular weight excluding hydrogens is 148 g/mol. The molecule has 0 amide bonds. The summed E-state index contributed by atoms with van der Waals surface area (Å²) in [7, 11) is 0. The summed E-state index contributed by atoms with van der Waals surface area (Å²) in [6.45, 7) is 4.07. The molecule has 0 aliphatic rings. The predicted octanol–water partition coefficient (Wildman–Crippen LogP) is 1.15. The van der Waals surface area contributed by atoms with Crippen LogP contribution in [0.15, 0.2) is 0 Å². The molecule has 10 heavy (non-hydrogen) atoms. The zero-order chi connectivity index (χ0) is 7.56. The largest absolute Gasteiger partial charge is 0.389 e. The first-order valence-corrected chi connectivity index (χ1v) is 3.94.